The number of ether oxygens (including phenoxy) is 1. The van der Waals surface area contributed by atoms with Gasteiger partial charge in [0.25, 0.3) is 0 Å². The number of halogens is 3. The Hall–Kier alpha value is -0.930. The van der Waals surface area contributed by atoms with Gasteiger partial charge in [0.05, 0.1) is 0 Å². The second kappa shape index (κ2) is 9.14. The highest BCUT2D eigenvalue weighted by Crippen LogP contribution is 2.27. The maximum Gasteiger partial charge on any atom is 0.124 e. The Morgan fingerprint density at radius 3 is 2.36 bits per heavy atom. The van der Waals surface area contributed by atoms with Crippen molar-refractivity contribution in [3.8, 4) is 5.75 Å². The van der Waals surface area contributed by atoms with Crippen LogP contribution >= 0.6 is 34.8 Å². The van der Waals surface area contributed by atoms with Gasteiger partial charge in [-0.1, -0.05) is 60.1 Å². The van der Waals surface area contributed by atoms with Crippen molar-refractivity contribution in [1.82, 2.24) is 5.32 Å². The number of nitrogens with one attached hydrogen (secondary N) is 1. The molecule has 2 aromatic rings. The van der Waals surface area contributed by atoms with Gasteiger partial charge in [0.1, 0.15) is 12.4 Å². The molecule has 0 saturated heterocycles. The highest BCUT2D eigenvalue weighted by atomic mass is 35.5. The molecule has 2 nitrogen and oxygen atoms in total. The van der Waals surface area contributed by atoms with E-state index in [-0.39, 0.29) is 0 Å². The molecule has 25 heavy (non-hydrogen) atoms. The van der Waals surface area contributed by atoms with Crippen LogP contribution in [0.5, 0.6) is 5.75 Å². The molecule has 1 saturated carbocycles. The van der Waals surface area contributed by atoms with Crippen LogP contribution in [-0.4, -0.2) is 6.04 Å². The lowest BCUT2D eigenvalue weighted by Crippen LogP contribution is -2.30. The molecule has 0 amide bonds. The molecule has 0 radical (unpaired) electrons. The van der Waals surface area contributed by atoms with Crippen molar-refractivity contribution in [1.29, 1.82) is 0 Å². The van der Waals surface area contributed by atoms with E-state index in [0.29, 0.717) is 22.7 Å². The molecule has 1 aliphatic carbocycles. The first kappa shape index (κ1) is 18.8. The van der Waals surface area contributed by atoms with Crippen LogP contribution in [0.25, 0.3) is 0 Å². The maximum atomic E-state index is 6.23. The van der Waals surface area contributed by atoms with Gasteiger partial charge < -0.3 is 10.1 Å². The van der Waals surface area contributed by atoms with Crippen LogP contribution in [0.15, 0.2) is 36.4 Å². The van der Waals surface area contributed by atoms with Gasteiger partial charge in [0.15, 0.2) is 0 Å². The van der Waals surface area contributed by atoms with Crippen molar-refractivity contribution < 1.29 is 4.74 Å². The van der Waals surface area contributed by atoms with Crippen LogP contribution in [0.2, 0.25) is 15.1 Å². The molecule has 3 rings (SSSR count). The summed E-state index contributed by atoms with van der Waals surface area (Å²) in [7, 11) is 0. The summed E-state index contributed by atoms with van der Waals surface area (Å²) in [4.78, 5) is 0. The smallest absolute Gasteiger partial charge is 0.124 e. The first-order chi connectivity index (χ1) is 12.1. The van der Waals surface area contributed by atoms with Crippen molar-refractivity contribution in [3.05, 3.63) is 62.6 Å². The van der Waals surface area contributed by atoms with Gasteiger partial charge in [0.2, 0.25) is 0 Å². The normalized spacial score (nSPS) is 15.3. The lowest BCUT2D eigenvalue weighted by atomic mass is 9.95. The molecular weight excluding hydrogens is 377 g/mol. The molecule has 0 heterocycles. The van der Waals surface area contributed by atoms with Gasteiger partial charge in [-0.25, -0.2) is 0 Å². The van der Waals surface area contributed by atoms with Crippen LogP contribution < -0.4 is 10.1 Å². The molecule has 0 spiro atoms. The second-order valence-corrected chi connectivity index (χ2v) is 7.77. The van der Waals surface area contributed by atoms with E-state index in [4.69, 9.17) is 39.5 Å². The summed E-state index contributed by atoms with van der Waals surface area (Å²) in [5.41, 5.74) is 1.98. The highest BCUT2D eigenvalue weighted by molar-refractivity contribution is 6.35. The quantitative estimate of drug-likeness (QED) is 0.588. The summed E-state index contributed by atoms with van der Waals surface area (Å²) < 4.78 is 6.01. The van der Waals surface area contributed by atoms with E-state index in [1.54, 1.807) is 6.07 Å². The first-order valence-corrected chi connectivity index (χ1v) is 9.84. The average molecular weight is 399 g/mol. The minimum Gasteiger partial charge on any atom is -0.489 e. The predicted octanol–water partition coefficient (Wildman–Crippen LogP) is 6.65. The Balaban J connectivity index is 1.65. The lowest BCUT2D eigenvalue weighted by Gasteiger charge is -2.23. The van der Waals surface area contributed by atoms with Crippen molar-refractivity contribution in [2.24, 2.45) is 0 Å². The summed E-state index contributed by atoms with van der Waals surface area (Å²) in [5, 5.41) is 5.60. The molecule has 0 aromatic heterocycles. The number of hydrogen-bond acceptors (Lipinski definition) is 2. The van der Waals surface area contributed by atoms with E-state index in [9.17, 15) is 0 Å². The van der Waals surface area contributed by atoms with Crippen LogP contribution in [0.1, 0.15) is 43.2 Å². The minimum absolute atomic E-state index is 0.397. The van der Waals surface area contributed by atoms with Crippen molar-refractivity contribution in [3.63, 3.8) is 0 Å². The number of benzene rings is 2. The monoisotopic (exact) mass is 397 g/mol. The molecule has 0 aliphatic heterocycles. The van der Waals surface area contributed by atoms with Crippen LogP contribution in [0.4, 0.5) is 0 Å². The molecule has 1 aliphatic rings. The topological polar surface area (TPSA) is 21.3 Å². The van der Waals surface area contributed by atoms with Crippen LogP contribution in [0, 0.1) is 0 Å². The third kappa shape index (κ3) is 5.52. The van der Waals surface area contributed by atoms with Gasteiger partial charge in [-0.2, -0.15) is 0 Å². The van der Waals surface area contributed by atoms with Gasteiger partial charge in [-0.15, -0.1) is 0 Å². The fraction of sp³-hybridized carbons (Fsp3) is 0.400. The average Bonchev–Trinajstić information content (AvgIpc) is 2.61. The standard InChI is InChI=1S/C20H22Cl3NO/c21-16-8-9-20(25-13-14-6-7-17(22)11-19(14)23)15(10-16)12-24-18-4-2-1-3-5-18/h6-11,18,24H,1-5,12-13H2. The van der Waals surface area contributed by atoms with E-state index < -0.39 is 0 Å². The fourth-order valence-electron chi connectivity index (χ4n) is 3.18. The summed E-state index contributed by atoms with van der Waals surface area (Å²) in [6, 6.07) is 11.8. The van der Waals surface area contributed by atoms with E-state index in [0.717, 1.165) is 28.4 Å². The molecule has 0 bridgehead atoms. The summed E-state index contributed by atoms with van der Waals surface area (Å²) in [6.07, 6.45) is 6.47. The SMILES string of the molecule is Clc1ccc(COc2ccc(Cl)cc2CNC2CCCCC2)c(Cl)c1. The Kier molecular flexibility index (Phi) is 6.89. The Morgan fingerprint density at radius 1 is 0.880 bits per heavy atom. The Bertz CT molecular complexity index is 714. The molecule has 134 valence electrons. The molecule has 0 unspecified atom stereocenters. The van der Waals surface area contributed by atoms with Gasteiger partial charge in [0, 0.05) is 38.8 Å². The molecular formula is C20H22Cl3NO. The third-order valence-corrected chi connectivity index (χ3v) is 5.43. The Morgan fingerprint density at radius 2 is 1.60 bits per heavy atom. The summed E-state index contributed by atoms with van der Waals surface area (Å²) in [5.74, 6) is 0.832. The van der Waals surface area contributed by atoms with Crippen molar-refractivity contribution >= 4 is 34.8 Å². The third-order valence-electron chi connectivity index (χ3n) is 4.61. The van der Waals surface area contributed by atoms with Crippen LogP contribution in [0.3, 0.4) is 0 Å². The number of hydrogen-bond donors (Lipinski definition) is 1. The minimum atomic E-state index is 0.397. The molecule has 5 heteroatoms. The van der Waals surface area contributed by atoms with Gasteiger partial charge >= 0.3 is 0 Å². The van der Waals surface area contributed by atoms with E-state index >= 15 is 0 Å². The van der Waals surface area contributed by atoms with Crippen molar-refractivity contribution in [2.75, 3.05) is 0 Å². The van der Waals surface area contributed by atoms with E-state index in [1.165, 1.54) is 32.1 Å². The summed E-state index contributed by atoms with van der Waals surface area (Å²) >= 11 is 18.3. The summed E-state index contributed by atoms with van der Waals surface area (Å²) in [6.45, 7) is 1.16. The maximum absolute atomic E-state index is 6.23. The Labute approximate surface area is 164 Å². The van der Waals surface area contributed by atoms with E-state index in [2.05, 4.69) is 5.32 Å². The molecule has 1 N–H and O–H groups in total. The van der Waals surface area contributed by atoms with Gasteiger partial charge in [-0.3, -0.25) is 0 Å². The fourth-order valence-corrected chi connectivity index (χ4v) is 3.84. The molecule has 2 aromatic carbocycles. The zero-order chi connectivity index (χ0) is 17.6. The first-order valence-electron chi connectivity index (χ1n) is 8.70. The second-order valence-electron chi connectivity index (χ2n) is 6.49. The van der Waals surface area contributed by atoms with Crippen molar-refractivity contribution in [2.45, 2.75) is 51.3 Å². The predicted molar refractivity (Wildman–Crippen MR) is 106 cm³/mol. The van der Waals surface area contributed by atoms with E-state index in [1.807, 2.05) is 30.3 Å². The molecule has 1 fully saturated rings. The number of rotatable bonds is 6. The van der Waals surface area contributed by atoms with Crippen LogP contribution in [-0.2, 0) is 13.2 Å². The largest absolute Gasteiger partial charge is 0.489 e. The zero-order valence-corrected chi connectivity index (χ0v) is 16.3. The molecule has 0 atom stereocenters. The lowest BCUT2D eigenvalue weighted by molar-refractivity contribution is 0.300. The zero-order valence-electron chi connectivity index (χ0n) is 14.0. The van der Waals surface area contributed by atoms with Gasteiger partial charge in [-0.05, 0) is 43.2 Å². The highest BCUT2D eigenvalue weighted by Gasteiger charge is 2.14.